The van der Waals surface area contributed by atoms with E-state index in [1.165, 1.54) is 0 Å². The summed E-state index contributed by atoms with van der Waals surface area (Å²) in [5.74, 6) is -0.356. The fourth-order valence-electron chi connectivity index (χ4n) is 1.12. The van der Waals surface area contributed by atoms with Crippen molar-refractivity contribution in [3.05, 3.63) is 34.9 Å². The number of nitrogens with one attached hydrogen (secondary N) is 1. The lowest BCUT2D eigenvalue weighted by molar-refractivity contribution is -0.117. The number of primary amides is 1. The first kappa shape index (κ1) is 11.0. The van der Waals surface area contributed by atoms with E-state index in [1.807, 2.05) is 31.2 Å². The number of rotatable bonds is 4. The van der Waals surface area contributed by atoms with E-state index in [2.05, 4.69) is 5.32 Å². The molecule has 1 atom stereocenters. The first-order valence-electron chi connectivity index (χ1n) is 4.36. The van der Waals surface area contributed by atoms with E-state index in [-0.39, 0.29) is 18.5 Å². The lowest BCUT2D eigenvalue weighted by Gasteiger charge is -2.12. The Labute approximate surface area is 88.2 Å². The van der Waals surface area contributed by atoms with Crippen LogP contribution in [0.15, 0.2) is 24.3 Å². The highest BCUT2D eigenvalue weighted by Crippen LogP contribution is 2.15. The normalized spacial score (nSPS) is 12.4. The van der Waals surface area contributed by atoms with E-state index in [4.69, 9.17) is 17.3 Å². The van der Waals surface area contributed by atoms with Gasteiger partial charge in [-0.15, -0.1) is 0 Å². The minimum atomic E-state index is -0.356. The summed E-state index contributed by atoms with van der Waals surface area (Å²) in [6.45, 7) is 2.15. The number of benzene rings is 1. The van der Waals surface area contributed by atoms with Gasteiger partial charge < -0.3 is 11.1 Å². The maximum atomic E-state index is 10.5. The average molecular weight is 213 g/mol. The Bertz CT molecular complexity index is 310. The third kappa shape index (κ3) is 3.36. The van der Waals surface area contributed by atoms with E-state index >= 15 is 0 Å². The van der Waals surface area contributed by atoms with Crippen molar-refractivity contribution >= 4 is 17.5 Å². The van der Waals surface area contributed by atoms with Crippen LogP contribution in [0.1, 0.15) is 18.5 Å². The molecule has 0 saturated heterocycles. The molecule has 1 aromatic carbocycles. The predicted octanol–water partition coefficient (Wildman–Crippen LogP) is 1.48. The van der Waals surface area contributed by atoms with Crippen LogP contribution in [0.5, 0.6) is 0 Å². The average Bonchev–Trinajstić information content (AvgIpc) is 2.15. The molecule has 1 aromatic rings. The van der Waals surface area contributed by atoms with E-state index < -0.39 is 0 Å². The first-order valence-corrected chi connectivity index (χ1v) is 4.74. The van der Waals surface area contributed by atoms with Crippen molar-refractivity contribution in [2.75, 3.05) is 6.54 Å². The van der Waals surface area contributed by atoms with Gasteiger partial charge in [0.05, 0.1) is 6.54 Å². The van der Waals surface area contributed by atoms with Crippen LogP contribution in [-0.4, -0.2) is 12.5 Å². The van der Waals surface area contributed by atoms with Gasteiger partial charge in [0.15, 0.2) is 0 Å². The Morgan fingerprint density at radius 1 is 1.50 bits per heavy atom. The van der Waals surface area contributed by atoms with Crippen LogP contribution in [0.4, 0.5) is 0 Å². The van der Waals surface area contributed by atoms with Crippen molar-refractivity contribution in [2.45, 2.75) is 13.0 Å². The standard InChI is InChI=1S/C10H13ClN2O/c1-7(13-6-10(12)14)8-2-4-9(11)5-3-8/h2-5,7,13H,6H2,1H3,(H2,12,14)/t7-/m0/s1. The molecule has 1 amide bonds. The molecule has 0 aromatic heterocycles. The van der Waals surface area contributed by atoms with Crippen LogP contribution >= 0.6 is 11.6 Å². The summed E-state index contributed by atoms with van der Waals surface area (Å²) in [5, 5.41) is 3.70. The summed E-state index contributed by atoms with van der Waals surface area (Å²) in [7, 11) is 0. The van der Waals surface area contributed by atoms with Gasteiger partial charge in [0.2, 0.25) is 5.91 Å². The van der Waals surface area contributed by atoms with Crippen molar-refractivity contribution in [1.29, 1.82) is 0 Å². The van der Waals surface area contributed by atoms with Gasteiger partial charge in [-0.3, -0.25) is 4.79 Å². The van der Waals surface area contributed by atoms with E-state index in [1.54, 1.807) is 0 Å². The van der Waals surface area contributed by atoms with Gasteiger partial charge in [0.25, 0.3) is 0 Å². The Hall–Kier alpha value is -1.06. The van der Waals surface area contributed by atoms with Crippen LogP contribution in [0, 0.1) is 0 Å². The summed E-state index contributed by atoms with van der Waals surface area (Å²) in [6, 6.07) is 7.57. The van der Waals surface area contributed by atoms with Crippen molar-refractivity contribution in [3.63, 3.8) is 0 Å². The molecule has 0 aliphatic heterocycles. The second-order valence-corrected chi connectivity index (χ2v) is 3.56. The number of carbonyl (C=O) groups is 1. The fraction of sp³-hybridized carbons (Fsp3) is 0.300. The molecule has 0 unspecified atom stereocenters. The highest BCUT2D eigenvalue weighted by molar-refractivity contribution is 6.30. The molecule has 76 valence electrons. The van der Waals surface area contributed by atoms with Gasteiger partial charge >= 0.3 is 0 Å². The number of carbonyl (C=O) groups excluding carboxylic acids is 1. The summed E-state index contributed by atoms with van der Waals surface area (Å²) in [6.07, 6.45) is 0. The number of hydrogen-bond acceptors (Lipinski definition) is 2. The van der Waals surface area contributed by atoms with Crippen LogP contribution < -0.4 is 11.1 Å². The molecule has 0 aliphatic rings. The summed E-state index contributed by atoms with van der Waals surface area (Å²) in [5.41, 5.74) is 6.10. The zero-order chi connectivity index (χ0) is 10.6. The molecular weight excluding hydrogens is 200 g/mol. The van der Waals surface area contributed by atoms with E-state index in [9.17, 15) is 4.79 Å². The lowest BCUT2D eigenvalue weighted by atomic mass is 10.1. The molecule has 0 spiro atoms. The van der Waals surface area contributed by atoms with E-state index in [0.29, 0.717) is 5.02 Å². The smallest absolute Gasteiger partial charge is 0.231 e. The van der Waals surface area contributed by atoms with E-state index in [0.717, 1.165) is 5.56 Å². The van der Waals surface area contributed by atoms with Crippen molar-refractivity contribution < 1.29 is 4.79 Å². The summed E-state index contributed by atoms with van der Waals surface area (Å²) >= 11 is 5.75. The summed E-state index contributed by atoms with van der Waals surface area (Å²) < 4.78 is 0. The molecule has 3 N–H and O–H groups in total. The molecule has 3 nitrogen and oxygen atoms in total. The minimum Gasteiger partial charge on any atom is -0.369 e. The van der Waals surface area contributed by atoms with Gasteiger partial charge in [-0.25, -0.2) is 0 Å². The number of hydrogen-bond donors (Lipinski definition) is 2. The zero-order valence-corrected chi connectivity index (χ0v) is 8.71. The third-order valence-corrected chi connectivity index (χ3v) is 2.20. The molecule has 1 rings (SSSR count). The fourth-order valence-corrected chi connectivity index (χ4v) is 1.25. The van der Waals surface area contributed by atoms with Gasteiger partial charge in [0, 0.05) is 11.1 Å². The van der Waals surface area contributed by atoms with Crippen LogP contribution in [0.2, 0.25) is 5.02 Å². The molecule has 0 fully saturated rings. The molecule has 0 aliphatic carbocycles. The third-order valence-electron chi connectivity index (χ3n) is 1.95. The lowest BCUT2D eigenvalue weighted by Crippen LogP contribution is -2.30. The number of amides is 1. The molecular formula is C10H13ClN2O. The highest BCUT2D eigenvalue weighted by atomic mass is 35.5. The van der Waals surface area contributed by atoms with Crippen LogP contribution in [0.25, 0.3) is 0 Å². The SMILES string of the molecule is C[C@H](NCC(N)=O)c1ccc(Cl)cc1. The van der Waals surface area contributed by atoms with Gasteiger partial charge in [-0.05, 0) is 24.6 Å². The zero-order valence-electron chi connectivity index (χ0n) is 7.96. The maximum absolute atomic E-state index is 10.5. The van der Waals surface area contributed by atoms with Crippen molar-refractivity contribution in [2.24, 2.45) is 5.73 Å². The predicted molar refractivity (Wildman–Crippen MR) is 57.1 cm³/mol. The topological polar surface area (TPSA) is 55.1 Å². The number of nitrogens with two attached hydrogens (primary N) is 1. The largest absolute Gasteiger partial charge is 0.369 e. The molecule has 0 radical (unpaired) electrons. The minimum absolute atomic E-state index is 0.0970. The first-order chi connectivity index (χ1) is 6.59. The van der Waals surface area contributed by atoms with Crippen molar-refractivity contribution in [3.8, 4) is 0 Å². The molecule has 14 heavy (non-hydrogen) atoms. The molecule has 4 heteroatoms. The van der Waals surface area contributed by atoms with Crippen LogP contribution in [-0.2, 0) is 4.79 Å². The number of halogens is 1. The van der Waals surface area contributed by atoms with Crippen LogP contribution in [0.3, 0.4) is 0 Å². The summed E-state index contributed by atoms with van der Waals surface area (Å²) in [4.78, 5) is 10.5. The Morgan fingerprint density at radius 2 is 2.07 bits per heavy atom. The second kappa shape index (κ2) is 4.98. The quantitative estimate of drug-likeness (QED) is 0.795. The van der Waals surface area contributed by atoms with Gasteiger partial charge in [-0.2, -0.15) is 0 Å². The molecule has 0 bridgehead atoms. The Morgan fingerprint density at radius 3 is 2.57 bits per heavy atom. The Kier molecular flexibility index (Phi) is 3.92. The van der Waals surface area contributed by atoms with Gasteiger partial charge in [-0.1, -0.05) is 23.7 Å². The maximum Gasteiger partial charge on any atom is 0.231 e. The Balaban J connectivity index is 2.56. The van der Waals surface area contributed by atoms with Crippen molar-refractivity contribution in [1.82, 2.24) is 5.32 Å². The molecule has 0 saturated carbocycles. The molecule has 0 heterocycles. The highest BCUT2D eigenvalue weighted by Gasteiger charge is 2.04. The van der Waals surface area contributed by atoms with Gasteiger partial charge in [0.1, 0.15) is 0 Å². The monoisotopic (exact) mass is 212 g/mol. The second-order valence-electron chi connectivity index (χ2n) is 3.12.